The quantitative estimate of drug-likeness (QED) is 0.586. The third-order valence-electron chi connectivity index (χ3n) is 4.70. The first-order chi connectivity index (χ1) is 14.3. The van der Waals surface area contributed by atoms with E-state index in [2.05, 4.69) is 10.6 Å². The van der Waals surface area contributed by atoms with Gasteiger partial charge in [-0.15, -0.1) is 0 Å². The van der Waals surface area contributed by atoms with Crippen molar-refractivity contribution >= 4 is 29.1 Å². The number of quaternary nitrogens is 1. The lowest BCUT2D eigenvalue weighted by atomic mass is 10.1. The van der Waals surface area contributed by atoms with Crippen molar-refractivity contribution in [2.75, 3.05) is 43.9 Å². The van der Waals surface area contributed by atoms with E-state index in [1.165, 1.54) is 0 Å². The van der Waals surface area contributed by atoms with Gasteiger partial charge in [-0.3, -0.25) is 14.4 Å². The normalized spacial score (nSPS) is 11.5. The molecule has 1 atom stereocenters. The summed E-state index contributed by atoms with van der Waals surface area (Å²) in [6.07, 6.45) is 0. The largest absolute Gasteiger partial charge is 0.339 e. The Bertz CT molecular complexity index is 876. The number of aryl methyl sites for hydroxylation is 1. The molecular formula is C23H31N4O3+. The molecule has 2 aromatic carbocycles. The Balaban J connectivity index is 1.87. The zero-order valence-electron chi connectivity index (χ0n) is 18.1. The van der Waals surface area contributed by atoms with E-state index in [-0.39, 0.29) is 30.8 Å². The summed E-state index contributed by atoms with van der Waals surface area (Å²) in [7, 11) is 1.79. The molecule has 0 bridgehead atoms. The Morgan fingerprint density at radius 1 is 0.867 bits per heavy atom. The number of hydrogen-bond acceptors (Lipinski definition) is 3. The van der Waals surface area contributed by atoms with E-state index in [1.807, 2.05) is 45.0 Å². The van der Waals surface area contributed by atoms with Crippen molar-refractivity contribution in [2.45, 2.75) is 20.8 Å². The van der Waals surface area contributed by atoms with Crippen LogP contribution in [0, 0.1) is 6.92 Å². The number of nitrogens with zero attached hydrogens (tertiary/aromatic N) is 1. The van der Waals surface area contributed by atoms with Gasteiger partial charge in [-0.1, -0.05) is 23.8 Å². The van der Waals surface area contributed by atoms with Crippen LogP contribution in [0.25, 0.3) is 0 Å². The highest BCUT2D eigenvalue weighted by Crippen LogP contribution is 2.13. The van der Waals surface area contributed by atoms with Crippen molar-refractivity contribution in [2.24, 2.45) is 0 Å². The zero-order valence-corrected chi connectivity index (χ0v) is 18.1. The number of rotatable bonds is 9. The number of amides is 3. The molecule has 2 aromatic rings. The Kier molecular flexibility index (Phi) is 8.55. The minimum absolute atomic E-state index is 0.0633. The Labute approximate surface area is 178 Å². The summed E-state index contributed by atoms with van der Waals surface area (Å²) in [6, 6.07) is 14.5. The lowest BCUT2D eigenvalue weighted by Crippen LogP contribution is -3.11. The molecule has 0 aliphatic carbocycles. The van der Waals surface area contributed by atoms with E-state index in [9.17, 15) is 14.4 Å². The van der Waals surface area contributed by atoms with Crippen LogP contribution in [0.1, 0.15) is 29.8 Å². The highest BCUT2D eigenvalue weighted by molar-refractivity contribution is 5.97. The fourth-order valence-corrected chi connectivity index (χ4v) is 3.08. The summed E-state index contributed by atoms with van der Waals surface area (Å²) in [5, 5.41) is 5.64. The van der Waals surface area contributed by atoms with Gasteiger partial charge in [-0.05, 0) is 51.1 Å². The van der Waals surface area contributed by atoms with E-state index in [4.69, 9.17) is 0 Å². The highest BCUT2D eigenvalue weighted by atomic mass is 16.2. The van der Waals surface area contributed by atoms with E-state index in [1.54, 1.807) is 36.2 Å². The topological polar surface area (TPSA) is 83.0 Å². The van der Waals surface area contributed by atoms with Gasteiger partial charge in [0.05, 0.1) is 7.05 Å². The Morgan fingerprint density at radius 3 is 2.00 bits per heavy atom. The maximum absolute atomic E-state index is 12.5. The molecule has 0 heterocycles. The van der Waals surface area contributed by atoms with Gasteiger partial charge < -0.3 is 20.4 Å². The third kappa shape index (κ3) is 7.00. The Hall–Kier alpha value is -3.19. The minimum Gasteiger partial charge on any atom is -0.339 e. The van der Waals surface area contributed by atoms with Crippen LogP contribution in [0.15, 0.2) is 48.5 Å². The molecule has 0 aliphatic heterocycles. The van der Waals surface area contributed by atoms with Crippen molar-refractivity contribution in [3.63, 3.8) is 0 Å². The summed E-state index contributed by atoms with van der Waals surface area (Å²) in [6.45, 7) is 7.41. The molecule has 3 N–H and O–H groups in total. The molecule has 0 saturated heterocycles. The van der Waals surface area contributed by atoms with Gasteiger partial charge in [0.2, 0.25) is 0 Å². The van der Waals surface area contributed by atoms with Crippen LogP contribution in [0.4, 0.5) is 11.4 Å². The predicted octanol–water partition coefficient (Wildman–Crippen LogP) is 1.57. The van der Waals surface area contributed by atoms with Crippen LogP contribution >= 0.6 is 0 Å². The summed E-state index contributed by atoms with van der Waals surface area (Å²) < 4.78 is 0. The second-order valence-corrected chi connectivity index (χ2v) is 7.33. The summed E-state index contributed by atoms with van der Waals surface area (Å²) >= 11 is 0. The van der Waals surface area contributed by atoms with E-state index >= 15 is 0 Å². The highest BCUT2D eigenvalue weighted by Gasteiger charge is 2.16. The Morgan fingerprint density at radius 2 is 1.43 bits per heavy atom. The first kappa shape index (κ1) is 23.1. The van der Waals surface area contributed by atoms with Crippen molar-refractivity contribution in [3.8, 4) is 0 Å². The molecular weight excluding hydrogens is 380 g/mol. The number of hydrogen-bond donors (Lipinski definition) is 3. The number of nitrogens with one attached hydrogen (secondary N) is 3. The summed E-state index contributed by atoms with van der Waals surface area (Å²) in [5.41, 5.74) is 2.96. The first-order valence-corrected chi connectivity index (χ1v) is 10.2. The average Bonchev–Trinajstić information content (AvgIpc) is 2.70. The smallest absolute Gasteiger partial charge is 0.279 e. The molecule has 160 valence electrons. The molecule has 2 rings (SSSR count). The van der Waals surface area contributed by atoms with Gasteiger partial charge in [-0.25, -0.2) is 0 Å². The van der Waals surface area contributed by atoms with Gasteiger partial charge in [0.1, 0.15) is 0 Å². The number of anilines is 2. The van der Waals surface area contributed by atoms with Gasteiger partial charge in [-0.2, -0.15) is 0 Å². The molecule has 7 heteroatoms. The van der Waals surface area contributed by atoms with Gasteiger partial charge in [0, 0.05) is 30.0 Å². The average molecular weight is 412 g/mol. The van der Waals surface area contributed by atoms with E-state index in [0.29, 0.717) is 24.3 Å². The van der Waals surface area contributed by atoms with Crippen LogP contribution in [-0.4, -0.2) is 55.8 Å². The van der Waals surface area contributed by atoms with Crippen molar-refractivity contribution in [1.82, 2.24) is 4.90 Å². The SMILES string of the molecule is CCN(CC)C(=O)c1cccc(NC(=O)C[NH+](C)CC(=O)Nc2ccc(C)cc2)c1. The van der Waals surface area contributed by atoms with Crippen molar-refractivity contribution in [1.29, 1.82) is 0 Å². The van der Waals surface area contributed by atoms with Crippen LogP contribution < -0.4 is 15.5 Å². The molecule has 1 unspecified atom stereocenters. The van der Waals surface area contributed by atoms with Crippen molar-refractivity contribution in [3.05, 3.63) is 59.7 Å². The molecule has 7 nitrogen and oxygen atoms in total. The molecule has 0 radical (unpaired) electrons. The van der Waals surface area contributed by atoms with E-state index < -0.39 is 0 Å². The van der Waals surface area contributed by atoms with Crippen LogP contribution in [0.2, 0.25) is 0 Å². The number of carbonyl (C=O) groups excluding carboxylic acids is 3. The molecule has 0 spiro atoms. The lowest BCUT2D eigenvalue weighted by Gasteiger charge is -2.19. The monoisotopic (exact) mass is 411 g/mol. The lowest BCUT2D eigenvalue weighted by molar-refractivity contribution is -0.862. The second kappa shape index (κ2) is 11.1. The van der Waals surface area contributed by atoms with Crippen LogP contribution in [-0.2, 0) is 9.59 Å². The molecule has 0 aliphatic rings. The maximum Gasteiger partial charge on any atom is 0.279 e. The van der Waals surface area contributed by atoms with Crippen LogP contribution in [0.5, 0.6) is 0 Å². The molecule has 3 amide bonds. The second-order valence-electron chi connectivity index (χ2n) is 7.33. The molecule has 0 aromatic heterocycles. The van der Waals surface area contributed by atoms with Gasteiger partial charge >= 0.3 is 0 Å². The number of benzene rings is 2. The third-order valence-corrected chi connectivity index (χ3v) is 4.70. The fourth-order valence-electron chi connectivity index (χ4n) is 3.08. The van der Waals surface area contributed by atoms with Gasteiger partial charge in [0.25, 0.3) is 17.7 Å². The molecule has 0 saturated carbocycles. The fraction of sp³-hybridized carbons (Fsp3) is 0.348. The molecule has 0 fully saturated rings. The minimum atomic E-state index is -0.219. The van der Waals surface area contributed by atoms with Gasteiger partial charge in [0.15, 0.2) is 13.1 Å². The predicted molar refractivity (Wildman–Crippen MR) is 119 cm³/mol. The zero-order chi connectivity index (χ0) is 22.1. The van der Waals surface area contributed by atoms with Crippen molar-refractivity contribution < 1.29 is 19.3 Å². The standard InChI is InChI=1S/C23H30N4O3/c1-5-27(6-2)23(30)18-8-7-9-20(14-18)25-22(29)16-26(4)15-21(28)24-19-12-10-17(3)11-13-19/h7-14H,5-6,15-16H2,1-4H3,(H,24,28)(H,25,29)/p+1. The summed E-state index contributed by atoms with van der Waals surface area (Å²) in [5.74, 6) is -0.439. The van der Waals surface area contributed by atoms with E-state index in [0.717, 1.165) is 16.2 Å². The number of likely N-dealkylation sites (N-methyl/N-ethyl adjacent to an activating group) is 1. The maximum atomic E-state index is 12.5. The summed E-state index contributed by atoms with van der Waals surface area (Å²) in [4.78, 5) is 39.5. The van der Waals surface area contributed by atoms with Crippen LogP contribution in [0.3, 0.4) is 0 Å². The number of carbonyl (C=O) groups is 3. The first-order valence-electron chi connectivity index (χ1n) is 10.2. The molecule has 30 heavy (non-hydrogen) atoms.